The monoisotopic (exact) mass is 546 g/mol. The van der Waals surface area contributed by atoms with Gasteiger partial charge in [-0.25, -0.2) is 8.78 Å². The van der Waals surface area contributed by atoms with Gasteiger partial charge in [0.2, 0.25) is 0 Å². The molecule has 0 saturated heterocycles. The third-order valence-corrected chi connectivity index (χ3v) is 6.18. The molecule has 7 nitrogen and oxygen atoms in total. The van der Waals surface area contributed by atoms with Gasteiger partial charge in [-0.15, -0.1) is 0 Å². The van der Waals surface area contributed by atoms with Crippen molar-refractivity contribution in [1.82, 2.24) is 0 Å². The zero-order valence-electron chi connectivity index (χ0n) is 22.1. The highest BCUT2D eigenvalue weighted by molar-refractivity contribution is 5.62. The van der Waals surface area contributed by atoms with Gasteiger partial charge in [-0.3, -0.25) is 10.1 Å². The molecule has 9 heteroatoms. The van der Waals surface area contributed by atoms with E-state index in [9.17, 15) is 18.9 Å². The van der Waals surface area contributed by atoms with E-state index in [2.05, 4.69) is 6.58 Å². The highest BCUT2D eigenvalue weighted by Crippen LogP contribution is 2.33. The van der Waals surface area contributed by atoms with Gasteiger partial charge in [0.15, 0.2) is 0 Å². The van der Waals surface area contributed by atoms with E-state index >= 15 is 0 Å². The first-order valence-corrected chi connectivity index (χ1v) is 12.4. The molecule has 0 aliphatic rings. The van der Waals surface area contributed by atoms with Crippen LogP contribution < -0.4 is 19.1 Å². The second-order valence-electron chi connectivity index (χ2n) is 8.96. The minimum absolute atomic E-state index is 0.0412. The topological polar surface area (TPSA) is 74.1 Å². The van der Waals surface area contributed by atoms with E-state index in [1.165, 1.54) is 18.2 Å². The molecule has 0 saturated carbocycles. The Morgan fingerprint density at radius 2 is 1.65 bits per heavy atom. The maximum atomic E-state index is 14.6. The van der Waals surface area contributed by atoms with Crippen molar-refractivity contribution in [2.45, 2.75) is 20.0 Å². The summed E-state index contributed by atoms with van der Waals surface area (Å²) >= 11 is 0. The number of anilines is 1. The first kappa shape index (κ1) is 28.1. The third kappa shape index (κ3) is 6.93. The van der Waals surface area contributed by atoms with E-state index in [4.69, 9.17) is 14.2 Å². The summed E-state index contributed by atoms with van der Waals surface area (Å²) < 4.78 is 45.0. The third-order valence-electron chi connectivity index (χ3n) is 6.18. The van der Waals surface area contributed by atoms with Crippen molar-refractivity contribution < 1.29 is 27.9 Å². The van der Waals surface area contributed by atoms with E-state index in [1.807, 2.05) is 17.0 Å². The molecule has 40 heavy (non-hydrogen) atoms. The molecule has 0 heterocycles. The number of halogens is 2. The number of methoxy groups -OCH3 is 1. The normalized spacial score (nSPS) is 10.6. The fourth-order valence-corrected chi connectivity index (χ4v) is 4.21. The molecule has 4 aromatic rings. The number of hydrogen-bond acceptors (Lipinski definition) is 6. The number of hydrogen-bond donors (Lipinski definition) is 0. The van der Waals surface area contributed by atoms with E-state index in [1.54, 1.807) is 62.6 Å². The minimum Gasteiger partial charge on any atom is -0.496 e. The lowest BCUT2D eigenvalue weighted by Gasteiger charge is -2.27. The van der Waals surface area contributed by atoms with Crippen molar-refractivity contribution >= 4 is 11.4 Å². The highest BCUT2D eigenvalue weighted by atomic mass is 19.1. The Labute approximate surface area is 231 Å². The molecule has 206 valence electrons. The smallest absolute Gasteiger partial charge is 0.274 e. The van der Waals surface area contributed by atoms with E-state index in [0.29, 0.717) is 47.4 Å². The summed E-state index contributed by atoms with van der Waals surface area (Å²) in [6, 6.07) is 20.7. The highest BCUT2D eigenvalue weighted by Gasteiger charge is 2.20. The molecule has 4 rings (SSSR count). The Hall–Kier alpha value is -4.92. The molecule has 0 unspecified atom stereocenters. The lowest BCUT2D eigenvalue weighted by molar-refractivity contribution is -0.385. The van der Waals surface area contributed by atoms with Crippen molar-refractivity contribution in [1.29, 1.82) is 0 Å². The van der Waals surface area contributed by atoms with Crippen LogP contribution in [-0.4, -0.2) is 18.6 Å². The summed E-state index contributed by atoms with van der Waals surface area (Å²) in [5.74, 6) is 0.865. The second-order valence-corrected chi connectivity index (χ2v) is 8.96. The summed E-state index contributed by atoms with van der Waals surface area (Å²) in [5, 5.41) is 11.6. The van der Waals surface area contributed by atoms with Crippen LogP contribution in [0.5, 0.6) is 23.0 Å². The Morgan fingerprint density at radius 3 is 2.33 bits per heavy atom. The second kappa shape index (κ2) is 12.8. The van der Waals surface area contributed by atoms with E-state index in [0.717, 1.165) is 11.6 Å². The summed E-state index contributed by atoms with van der Waals surface area (Å²) in [4.78, 5) is 12.9. The van der Waals surface area contributed by atoms with Crippen LogP contribution in [0.4, 0.5) is 20.2 Å². The Bertz CT molecular complexity index is 1510. The molecule has 0 N–H and O–H groups in total. The van der Waals surface area contributed by atoms with Gasteiger partial charge in [0.05, 0.1) is 17.6 Å². The number of benzene rings is 4. The summed E-state index contributed by atoms with van der Waals surface area (Å²) in [5.41, 5.74) is 2.09. The van der Waals surface area contributed by atoms with Crippen molar-refractivity contribution in [3.63, 3.8) is 0 Å². The number of rotatable bonds is 12. The van der Waals surface area contributed by atoms with Crippen LogP contribution in [0.2, 0.25) is 0 Å². The van der Waals surface area contributed by atoms with Gasteiger partial charge in [-0.2, -0.15) is 0 Å². The van der Waals surface area contributed by atoms with Crippen molar-refractivity contribution in [2.24, 2.45) is 0 Å². The molecule has 0 bridgehead atoms. The van der Waals surface area contributed by atoms with Gasteiger partial charge < -0.3 is 19.1 Å². The largest absolute Gasteiger partial charge is 0.496 e. The van der Waals surface area contributed by atoms with E-state index in [-0.39, 0.29) is 17.8 Å². The average Bonchev–Trinajstić information content (AvgIpc) is 2.93. The SMILES string of the molecule is C=CCOc1cc(OC)cc(Oc2ccc(CN(Cc3ccc(F)cc3F)c3cccc([N+](=O)[O-])c3C)cc2)c1. The summed E-state index contributed by atoms with van der Waals surface area (Å²) in [6.45, 7) is 6.02. The Balaban J connectivity index is 1.59. The van der Waals surface area contributed by atoms with Gasteiger partial charge >= 0.3 is 0 Å². The molecule has 0 amide bonds. The molecule has 4 aromatic carbocycles. The molecular formula is C31H28F2N2O5. The number of nitro groups is 1. The van der Waals surface area contributed by atoms with Gasteiger partial charge in [0.25, 0.3) is 5.69 Å². The fraction of sp³-hybridized carbons (Fsp3) is 0.161. The standard InChI is InChI=1S/C31H28F2N2O5/c1-4-14-39-27-16-26(38-3)17-28(18-27)40-25-12-8-22(9-13-25)19-34(20-23-10-11-24(32)15-29(23)33)30-6-5-7-31(21(30)2)35(36)37/h4-13,15-18H,1,14,19-20H2,2-3H3. The van der Waals surface area contributed by atoms with Crippen molar-refractivity contribution in [2.75, 3.05) is 18.6 Å². The van der Waals surface area contributed by atoms with Gasteiger partial charge in [0.1, 0.15) is 41.2 Å². The zero-order valence-corrected chi connectivity index (χ0v) is 22.1. The van der Waals surface area contributed by atoms with Crippen LogP contribution in [-0.2, 0) is 13.1 Å². The maximum absolute atomic E-state index is 14.6. The molecule has 0 aliphatic carbocycles. The number of nitrogens with zero attached hydrogens (tertiary/aromatic N) is 2. The molecule has 0 aromatic heterocycles. The molecule has 0 aliphatic heterocycles. The number of nitro benzene ring substituents is 1. The quantitative estimate of drug-likeness (QED) is 0.103. The minimum atomic E-state index is -0.688. The summed E-state index contributed by atoms with van der Waals surface area (Å²) in [7, 11) is 1.55. The molecule has 0 spiro atoms. The maximum Gasteiger partial charge on any atom is 0.274 e. The zero-order chi connectivity index (χ0) is 28.6. The van der Waals surface area contributed by atoms with E-state index < -0.39 is 16.6 Å². The van der Waals surface area contributed by atoms with Crippen LogP contribution in [0.1, 0.15) is 16.7 Å². The fourth-order valence-electron chi connectivity index (χ4n) is 4.21. The van der Waals surface area contributed by atoms with Gasteiger partial charge in [0, 0.05) is 54.7 Å². The lowest BCUT2D eigenvalue weighted by Crippen LogP contribution is -2.24. The first-order valence-electron chi connectivity index (χ1n) is 12.4. The van der Waals surface area contributed by atoms with Gasteiger partial charge in [-0.05, 0) is 36.8 Å². The van der Waals surface area contributed by atoms with Crippen LogP contribution >= 0.6 is 0 Å². The molecular weight excluding hydrogens is 518 g/mol. The van der Waals surface area contributed by atoms with Crippen LogP contribution in [0, 0.1) is 28.7 Å². The van der Waals surface area contributed by atoms with Crippen LogP contribution in [0.15, 0.2) is 91.5 Å². The van der Waals surface area contributed by atoms with Crippen LogP contribution in [0.3, 0.4) is 0 Å². The predicted octanol–water partition coefficient (Wildman–Crippen LogP) is 7.75. The Morgan fingerprint density at radius 1 is 0.925 bits per heavy atom. The lowest BCUT2D eigenvalue weighted by atomic mass is 10.1. The predicted molar refractivity (Wildman–Crippen MR) is 149 cm³/mol. The molecule has 0 radical (unpaired) electrons. The molecule has 0 atom stereocenters. The average molecular weight is 547 g/mol. The number of ether oxygens (including phenoxy) is 3. The van der Waals surface area contributed by atoms with Crippen molar-refractivity contribution in [3.8, 4) is 23.0 Å². The van der Waals surface area contributed by atoms with Crippen LogP contribution in [0.25, 0.3) is 0 Å². The first-order chi connectivity index (χ1) is 19.3. The van der Waals surface area contributed by atoms with Crippen molar-refractivity contribution in [3.05, 3.63) is 130 Å². The van der Waals surface area contributed by atoms with Gasteiger partial charge in [-0.1, -0.05) is 36.9 Å². The summed E-state index contributed by atoms with van der Waals surface area (Å²) in [6.07, 6.45) is 1.64. The molecule has 0 fully saturated rings. The Kier molecular flexibility index (Phi) is 8.96.